The number of methoxy groups -OCH3 is 1. The average Bonchev–Trinajstić information content (AvgIpc) is 2.41. The maximum atomic E-state index is 11.6. The molecule has 0 saturated heterocycles. The summed E-state index contributed by atoms with van der Waals surface area (Å²) >= 11 is 0. The largest absolute Gasteiger partial charge is 0.465 e. The number of aromatic amines is 1. The quantitative estimate of drug-likeness (QED) is 0.636. The van der Waals surface area contributed by atoms with E-state index in [9.17, 15) is 14.4 Å². The van der Waals surface area contributed by atoms with Gasteiger partial charge >= 0.3 is 12.1 Å². The van der Waals surface area contributed by atoms with Crippen LogP contribution in [-0.4, -0.2) is 36.3 Å². The maximum Gasteiger partial charge on any atom is 0.407 e. The Hall–Kier alpha value is -2.31. The highest BCUT2D eigenvalue weighted by Crippen LogP contribution is 2.08. The first-order chi connectivity index (χ1) is 10.2. The van der Waals surface area contributed by atoms with Crippen LogP contribution < -0.4 is 10.9 Å². The van der Waals surface area contributed by atoms with Crippen molar-refractivity contribution in [3.63, 3.8) is 0 Å². The second-order valence-corrected chi connectivity index (χ2v) is 5.74. The highest BCUT2D eigenvalue weighted by Gasteiger charge is 2.16. The Morgan fingerprint density at radius 1 is 1.27 bits per heavy atom. The van der Waals surface area contributed by atoms with Gasteiger partial charge in [-0.25, -0.2) is 9.59 Å². The number of aryl methyl sites for hydroxylation is 1. The van der Waals surface area contributed by atoms with Crippen molar-refractivity contribution in [2.75, 3.05) is 13.7 Å². The van der Waals surface area contributed by atoms with Crippen molar-refractivity contribution in [3.05, 3.63) is 33.7 Å². The molecule has 1 heterocycles. The Morgan fingerprint density at radius 2 is 1.95 bits per heavy atom. The molecule has 0 aliphatic carbocycles. The van der Waals surface area contributed by atoms with Crippen molar-refractivity contribution in [2.24, 2.45) is 0 Å². The van der Waals surface area contributed by atoms with Gasteiger partial charge in [-0.3, -0.25) is 4.79 Å². The van der Waals surface area contributed by atoms with Crippen molar-refractivity contribution in [1.29, 1.82) is 0 Å². The second-order valence-electron chi connectivity index (χ2n) is 5.74. The molecule has 2 N–H and O–H groups in total. The Kier molecular flexibility index (Phi) is 6.15. The third-order valence-electron chi connectivity index (χ3n) is 2.68. The van der Waals surface area contributed by atoms with E-state index >= 15 is 0 Å². The highest BCUT2D eigenvalue weighted by molar-refractivity contribution is 5.90. The number of carbonyl (C=O) groups is 2. The number of nitrogens with one attached hydrogen (secondary N) is 2. The van der Waals surface area contributed by atoms with Crippen molar-refractivity contribution in [3.8, 4) is 0 Å². The minimum atomic E-state index is -0.549. The van der Waals surface area contributed by atoms with Gasteiger partial charge in [-0.05, 0) is 39.7 Å². The predicted molar refractivity (Wildman–Crippen MR) is 81.0 cm³/mol. The van der Waals surface area contributed by atoms with E-state index in [4.69, 9.17) is 4.74 Å². The molecule has 1 aromatic rings. The standard InChI is InChI=1S/C15H22N2O5/c1-15(2,3)22-14(20)16-9-5-6-11-10(13(19)21-4)7-8-12(18)17-11/h7-8H,5-6,9H2,1-4H3,(H,16,20)(H,17,18). The molecular formula is C15H22N2O5. The summed E-state index contributed by atoms with van der Waals surface area (Å²) in [5.41, 5.74) is -0.0280. The van der Waals surface area contributed by atoms with Gasteiger partial charge in [-0.2, -0.15) is 0 Å². The molecule has 0 aliphatic heterocycles. The fraction of sp³-hybridized carbons (Fsp3) is 0.533. The monoisotopic (exact) mass is 310 g/mol. The highest BCUT2D eigenvalue weighted by atomic mass is 16.6. The second kappa shape index (κ2) is 7.63. The minimum absolute atomic E-state index is 0.289. The first-order valence-corrected chi connectivity index (χ1v) is 7.00. The van der Waals surface area contributed by atoms with Crippen molar-refractivity contribution >= 4 is 12.1 Å². The molecule has 1 rings (SSSR count). The summed E-state index contributed by atoms with van der Waals surface area (Å²) in [5.74, 6) is -0.508. The van der Waals surface area contributed by atoms with Crippen LogP contribution >= 0.6 is 0 Å². The number of aromatic nitrogens is 1. The zero-order valence-electron chi connectivity index (χ0n) is 13.3. The summed E-state index contributed by atoms with van der Waals surface area (Å²) in [7, 11) is 1.28. The summed E-state index contributed by atoms with van der Waals surface area (Å²) < 4.78 is 9.77. The molecule has 0 fully saturated rings. The van der Waals surface area contributed by atoms with Gasteiger partial charge in [0.2, 0.25) is 5.56 Å². The number of rotatable bonds is 5. The molecule has 0 aliphatic rings. The number of hydrogen-bond donors (Lipinski definition) is 2. The van der Waals surface area contributed by atoms with E-state index in [-0.39, 0.29) is 5.56 Å². The number of amides is 1. The van der Waals surface area contributed by atoms with Crippen LogP contribution in [0.3, 0.4) is 0 Å². The Labute approximate surface area is 129 Å². The number of alkyl carbamates (subject to hydrolysis) is 1. The zero-order chi connectivity index (χ0) is 16.8. The molecule has 0 atom stereocenters. The van der Waals surface area contributed by atoms with Crippen molar-refractivity contribution < 1.29 is 19.1 Å². The molecule has 0 saturated carbocycles. The number of H-pyrrole nitrogens is 1. The Bertz CT molecular complexity index is 586. The normalized spacial score (nSPS) is 10.9. The average molecular weight is 310 g/mol. The molecule has 7 heteroatoms. The lowest BCUT2D eigenvalue weighted by atomic mass is 10.1. The molecule has 7 nitrogen and oxygen atoms in total. The number of hydrogen-bond acceptors (Lipinski definition) is 5. The Morgan fingerprint density at radius 3 is 2.55 bits per heavy atom. The molecule has 0 spiro atoms. The van der Waals surface area contributed by atoms with Crippen LogP contribution in [0.5, 0.6) is 0 Å². The molecule has 1 aromatic heterocycles. The zero-order valence-corrected chi connectivity index (χ0v) is 13.3. The first-order valence-electron chi connectivity index (χ1n) is 7.00. The fourth-order valence-electron chi connectivity index (χ4n) is 1.79. The molecule has 0 unspecified atom stereocenters. The van der Waals surface area contributed by atoms with Gasteiger partial charge in [0.25, 0.3) is 0 Å². The molecular weight excluding hydrogens is 288 g/mol. The van der Waals surface area contributed by atoms with Crippen LogP contribution in [0.4, 0.5) is 4.79 Å². The number of pyridine rings is 1. The lowest BCUT2D eigenvalue weighted by Gasteiger charge is -2.19. The van der Waals surface area contributed by atoms with Crippen LogP contribution in [0.15, 0.2) is 16.9 Å². The van der Waals surface area contributed by atoms with E-state index in [1.54, 1.807) is 20.8 Å². The lowest BCUT2D eigenvalue weighted by molar-refractivity contribution is 0.0525. The van der Waals surface area contributed by atoms with Crippen LogP contribution in [0.25, 0.3) is 0 Å². The van der Waals surface area contributed by atoms with E-state index in [2.05, 4.69) is 15.0 Å². The number of esters is 1. The first kappa shape index (κ1) is 17.7. The summed E-state index contributed by atoms with van der Waals surface area (Å²) in [6, 6.07) is 2.70. The summed E-state index contributed by atoms with van der Waals surface area (Å²) in [6.45, 7) is 5.71. The van der Waals surface area contributed by atoms with Gasteiger partial charge in [-0.15, -0.1) is 0 Å². The molecule has 122 valence electrons. The van der Waals surface area contributed by atoms with Crippen LogP contribution in [0.1, 0.15) is 43.2 Å². The van der Waals surface area contributed by atoms with E-state index < -0.39 is 17.7 Å². The summed E-state index contributed by atoms with van der Waals surface area (Å²) in [5, 5.41) is 2.62. The third kappa shape index (κ3) is 5.99. The summed E-state index contributed by atoms with van der Waals surface area (Å²) in [6.07, 6.45) is 0.474. The number of carbonyl (C=O) groups excluding carboxylic acids is 2. The van der Waals surface area contributed by atoms with Crippen LogP contribution in [0, 0.1) is 0 Å². The van der Waals surface area contributed by atoms with Gasteiger partial charge in [0, 0.05) is 18.3 Å². The Balaban J connectivity index is 2.55. The maximum absolute atomic E-state index is 11.6. The van der Waals surface area contributed by atoms with E-state index in [1.807, 2.05) is 0 Å². The molecule has 0 radical (unpaired) electrons. The lowest BCUT2D eigenvalue weighted by Crippen LogP contribution is -2.33. The minimum Gasteiger partial charge on any atom is -0.465 e. The fourth-order valence-corrected chi connectivity index (χ4v) is 1.79. The van der Waals surface area contributed by atoms with E-state index in [1.165, 1.54) is 19.2 Å². The van der Waals surface area contributed by atoms with Crippen LogP contribution in [-0.2, 0) is 15.9 Å². The number of ether oxygens (including phenoxy) is 2. The summed E-state index contributed by atoms with van der Waals surface area (Å²) in [4.78, 5) is 37.1. The van der Waals surface area contributed by atoms with Crippen molar-refractivity contribution in [1.82, 2.24) is 10.3 Å². The topological polar surface area (TPSA) is 97.5 Å². The van der Waals surface area contributed by atoms with Gasteiger partial charge in [0.1, 0.15) is 5.60 Å². The molecule has 0 aromatic carbocycles. The van der Waals surface area contributed by atoms with E-state index in [0.717, 1.165) is 0 Å². The van der Waals surface area contributed by atoms with Crippen LogP contribution in [0.2, 0.25) is 0 Å². The van der Waals surface area contributed by atoms with Gasteiger partial charge in [0.15, 0.2) is 0 Å². The third-order valence-corrected chi connectivity index (χ3v) is 2.68. The predicted octanol–water partition coefficient (Wildman–Crippen LogP) is 1.62. The van der Waals surface area contributed by atoms with Gasteiger partial charge < -0.3 is 19.8 Å². The van der Waals surface area contributed by atoms with Gasteiger partial charge in [-0.1, -0.05) is 0 Å². The molecule has 22 heavy (non-hydrogen) atoms. The SMILES string of the molecule is COC(=O)c1ccc(=O)[nH]c1CCCNC(=O)OC(C)(C)C. The van der Waals surface area contributed by atoms with Gasteiger partial charge in [0.05, 0.1) is 12.7 Å². The molecule has 0 bridgehead atoms. The van der Waals surface area contributed by atoms with E-state index in [0.29, 0.717) is 30.6 Å². The molecule has 1 amide bonds. The van der Waals surface area contributed by atoms with Crippen molar-refractivity contribution in [2.45, 2.75) is 39.2 Å². The smallest absolute Gasteiger partial charge is 0.407 e.